The Bertz CT molecular complexity index is 300. The number of rotatable bonds is 1. The molecule has 2 rings (SSSR count). The van der Waals surface area contributed by atoms with Gasteiger partial charge in [0.15, 0.2) is 0 Å². The first-order valence-electron chi connectivity index (χ1n) is 5.03. The van der Waals surface area contributed by atoms with Crippen LogP contribution in [0.3, 0.4) is 0 Å². The van der Waals surface area contributed by atoms with Crippen molar-refractivity contribution in [3.63, 3.8) is 0 Å². The van der Waals surface area contributed by atoms with E-state index < -0.39 is 0 Å². The van der Waals surface area contributed by atoms with E-state index in [2.05, 4.69) is 29.9 Å². The molecule has 0 amide bonds. The average Bonchev–Trinajstić information content (AvgIpc) is 2.49. The molecule has 2 heterocycles. The Kier molecular flexibility index (Phi) is 2.29. The maximum atomic E-state index is 6.17. The lowest BCUT2D eigenvalue weighted by Gasteiger charge is -2.35. The van der Waals surface area contributed by atoms with Gasteiger partial charge < -0.3 is 5.73 Å². The summed E-state index contributed by atoms with van der Waals surface area (Å²) in [7, 11) is 2.12. The molecule has 14 heavy (non-hydrogen) atoms. The smallest absolute Gasteiger partial charge is 0.0597 e. The molecule has 1 aromatic heterocycles. The van der Waals surface area contributed by atoms with Gasteiger partial charge in [0.2, 0.25) is 0 Å². The van der Waals surface area contributed by atoms with Gasteiger partial charge in [-0.2, -0.15) is 0 Å². The largest absolute Gasteiger partial charge is 0.326 e. The van der Waals surface area contributed by atoms with Crippen LogP contribution >= 0.6 is 0 Å². The molecule has 0 aliphatic carbocycles. The quantitative estimate of drug-likeness (QED) is 0.719. The number of nitrogens with zero attached hydrogens (tertiary/aromatic N) is 2. The Hall–Kier alpha value is -0.930. The first-order valence-corrected chi connectivity index (χ1v) is 5.03. The lowest BCUT2D eigenvalue weighted by atomic mass is 9.87. The molecule has 2 atom stereocenters. The second-order valence-electron chi connectivity index (χ2n) is 4.21. The van der Waals surface area contributed by atoms with E-state index in [9.17, 15) is 0 Å². The molecule has 0 radical (unpaired) electrons. The van der Waals surface area contributed by atoms with E-state index in [1.165, 1.54) is 5.56 Å². The predicted octanol–water partition coefficient (Wildman–Crippen LogP) is 0.960. The lowest BCUT2D eigenvalue weighted by molar-refractivity contribution is 0.180. The van der Waals surface area contributed by atoms with Gasteiger partial charge in [-0.1, -0.05) is 6.07 Å². The summed E-state index contributed by atoms with van der Waals surface area (Å²) in [5, 5.41) is 0. The molecule has 1 aliphatic rings. The minimum atomic E-state index is -0.0474. The van der Waals surface area contributed by atoms with Gasteiger partial charge in [0.25, 0.3) is 0 Å². The molecule has 2 N–H and O–H groups in total. The van der Waals surface area contributed by atoms with Crippen molar-refractivity contribution in [2.75, 3.05) is 13.6 Å². The summed E-state index contributed by atoms with van der Waals surface area (Å²) in [6.45, 7) is 3.26. The molecule has 3 nitrogen and oxygen atoms in total. The Morgan fingerprint density at radius 1 is 1.64 bits per heavy atom. The standard InChI is InChI=1S/C11H17N3/c1-11(9-4-3-6-13-8-9)10(12)5-7-14(11)2/h3-4,6,8,10H,5,7,12H2,1-2H3. The van der Waals surface area contributed by atoms with Crippen molar-refractivity contribution in [1.29, 1.82) is 0 Å². The van der Waals surface area contributed by atoms with Crippen molar-refractivity contribution in [3.8, 4) is 0 Å². The third kappa shape index (κ3) is 1.24. The fourth-order valence-electron chi connectivity index (χ4n) is 2.23. The number of nitrogens with two attached hydrogens (primary N) is 1. The van der Waals surface area contributed by atoms with Gasteiger partial charge in [-0.05, 0) is 32.0 Å². The van der Waals surface area contributed by atoms with Gasteiger partial charge in [0.1, 0.15) is 0 Å². The normalized spacial score (nSPS) is 33.5. The second kappa shape index (κ2) is 3.33. The van der Waals surface area contributed by atoms with Gasteiger partial charge in [-0.15, -0.1) is 0 Å². The molecule has 0 saturated carbocycles. The summed E-state index contributed by atoms with van der Waals surface area (Å²) in [5.74, 6) is 0. The van der Waals surface area contributed by atoms with Crippen LogP contribution in [0.2, 0.25) is 0 Å². The van der Waals surface area contributed by atoms with Crippen molar-refractivity contribution in [2.24, 2.45) is 5.73 Å². The molecule has 1 aliphatic heterocycles. The summed E-state index contributed by atoms with van der Waals surface area (Å²) >= 11 is 0. The first-order chi connectivity index (χ1) is 6.65. The molecule has 0 bridgehead atoms. The zero-order valence-corrected chi connectivity index (χ0v) is 8.77. The summed E-state index contributed by atoms with van der Waals surface area (Å²) in [6, 6.07) is 4.28. The highest BCUT2D eigenvalue weighted by Gasteiger charge is 2.42. The summed E-state index contributed by atoms with van der Waals surface area (Å²) in [6.07, 6.45) is 4.77. The zero-order chi connectivity index (χ0) is 10.2. The minimum absolute atomic E-state index is 0.0474. The molecule has 0 spiro atoms. The van der Waals surface area contributed by atoms with E-state index in [-0.39, 0.29) is 11.6 Å². The number of hydrogen-bond donors (Lipinski definition) is 1. The number of likely N-dealkylation sites (tertiary alicyclic amines) is 1. The van der Waals surface area contributed by atoms with E-state index in [4.69, 9.17) is 5.73 Å². The third-order valence-electron chi connectivity index (χ3n) is 3.54. The maximum Gasteiger partial charge on any atom is 0.0597 e. The molecule has 1 fully saturated rings. The van der Waals surface area contributed by atoms with Gasteiger partial charge in [-0.3, -0.25) is 9.88 Å². The highest BCUT2D eigenvalue weighted by atomic mass is 15.2. The molecular formula is C11H17N3. The molecule has 2 unspecified atom stereocenters. The zero-order valence-electron chi connectivity index (χ0n) is 8.77. The van der Waals surface area contributed by atoms with Gasteiger partial charge in [-0.25, -0.2) is 0 Å². The van der Waals surface area contributed by atoms with Crippen molar-refractivity contribution >= 4 is 0 Å². The molecule has 3 heteroatoms. The van der Waals surface area contributed by atoms with Gasteiger partial charge >= 0.3 is 0 Å². The average molecular weight is 191 g/mol. The SMILES string of the molecule is CN1CCC(N)C1(C)c1cccnc1. The van der Waals surface area contributed by atoms with Crippen LogP contribution in [0.4, 0.5) is 0 Å². The van der Waals surface area contributed by atoms with Crippen molar-refractivity contribution in [3.05, 3.63) is 30.1 Å². The monoisotopic (exact) mass is 191 g/mol. The molecule has 1 aromatic rings. The van der Waals surface area contributed by atoms with E-state index in [1.807, 2.05) is 12.3 Å². The van der Waals surface area contributed by atoms with Crippen molar-refractivity contribution in [2.45, 2.75) is 24.9 Å². The van der Waals surface area contributed by atoms with E-state index >= 15 is 0 Å². The highest BCUT2D eigenvalue weighted by molar-refractivity contribution is 5.24. The lowest BCUT2D eigenvalue weighted by Crippen LogP contribution is -2.46. The van der Waals surface area contributed by atoms with E-state index in [1.54, 1.807) is 6.20 Å². The van der Waals surface area contributed by atoms with Crippen molar-refractivity contribution in [1.82, 2.24) is 9.88 Å². The van der Waals surface area contributed by atoms with Crippen LogP contribution in [0.15, 0.2) is 24.5 Å². The molecule has 1 saturated heterocycles. The number of aromatic nitrogens is 1. The fourth-order valence-corrected chi connectivity index (χ4v) is 2.23. The molecular weight excluding hydrogens is 174 g/mol. The third-order valence-corrected chi connectivity index (χ3v) is 3.54. The van der Waals surface area contributed by atoms with Crippen LogP contribution in [0.25, 0.3) is 0 Å². The summed E-state index contributed by atoms with van der Waals surface area (Å²) < 4.78 is 0. The van der Waals surface area contributed by atoms with Crippen LogP contribution in [0.1, 0.15) is 18.9 Å². The van der Waals surface area contributed by atoms with Crippen LogP contribution in [0.5, 0.6) is 0 Å². The van der Waals surface area contributed by atoms with Gasteiger partial charge in [0, 0.05) is 25.0 Å². The highest BCUT2D eigenvalue weighted by Crippen LogP contribution is 2.35. The number of likely N-dealkylation sites (N-methyl/N-ethyl adjacent to an activating group) is 1. The van der Waals surface area contributed by atoms with E-state index in [0.717, 1.165) is 13.0 Å². The van der Waals surface area contributed by atoms with E-state index in [0.29, 0.717) is 0 Å². The Morgan fingerprint density at radius 3 is 2.93 bits per heavy atom. The summed E-state index contributed by atoms with van der Waals surface area (Å²) in [5.41, 5.74) is 7.33. The van der Waals surface area contributed by atoms with Crippen LogP contribution in [0, 0.1) is 0 Å². The number of pyridine rings is 1. The maximum absolute atomic E-state index is 6.17. The van der Waals surface area contributed by atoms with Crippen LogP contribution < -0.4 is 5.73 Å². The fraction of sp³-hybridized carbons (Fsp3) is 0.545. The Labute approximate surface area is 84.9 Å². The van der Waals surface area contributed by atoms with Crippen molar-refractivity contribution < 1.29 is 0 Å². The number of hydrogen-bond acceptors (Lipinski definition) is 3. The summed E-state index contributed by atoms with van der Waals surface area (Å²) in [4.78, 5) is 6.48. The predicted molar refractivity (Wildman–Crippen MR) is 56.8 cm³/mol. The van der Waals surface area contributed by atoms with Crippen LogP contribution in [-0.4, -0.2) is 29.5 Å². The van der Waals surface area contributed by atoms with Gasteiger partial charge in [0.05, 0.1) is 5.54 Å². The van der Waals surface area contributed by atoms with Crippen LogP contribution in [-0.2, 0) is 5.54 Å². The minimum Gasteiger partial charge on any atom is -0.326 e. The Balaban J connectivity index is 2.40. The molecule has 76 valence electrons. The first kappa shape index (κ1) is 9.62. The second-order valence-corrected chi connectivity index (χ2v) is 4.21. The topological polar surface area (TPSA) is 42.1 Å². The Morgan fingerprint density at radius 2 is 2.43 bits per heavy atom. The molecule has 0 aromatic carbocycles.